The largest absolute Gasteiger partial charge is 0.317 e. The lowest BCUT2D eigenvalue weighted by Crippen LogP contribution is -2.26. The lowest BCUT2D eigenvalue weighted by molar-refractivity contribution is 0.279. The Bertz CT molecular complexity index is 133. The molecule has 1 fully saturated rings. The van der Waals surface area contributed by atoms with Gasteiger partial charge in [-0.3, -0.25) is 0 Å². The maximum Gasteiger partial charge on any atom is 0.00668 e. The molecule has 0 aromatic heterocycles. The Kier molecular flexibility index (Phi) is 3.57. The molecule has 0 aliphatic heterocycles. The Balaban J connectivity index is 2.53. The standard InChI is InChI=1S/C11H23N/c1-8-5-6-11(12-4)7-9(2)10(8)3/h8-12H,5-7H2,1-4H3. The van der Waals surface area contributed by atoms with E-state index in [-0.39, 0.29) is 0 Å². The molecule has 1 saturated carbocycles. The van der Waals surface area contributed by atoms with E-state index in [1.807, 2.05) is 0 Å². The van der Waals surface area contributed by atoms with Crippen molar-refractivity contribution >= 4 is 0 Å². The van der Waals surface area contributed by atoms with E-state index >= 15 is 0 Å². The summed E-state index contributed by atoms with van der Waals surface area (Å²) < 4.78 is 0. The monoisotopic (exact) mass is 169 g/mol. The molecule has 0 saturated heterocycles. The molecule has 72 valence electrons. The smallest absolute Gasteiger partial charge is 0.00668 e. The van der Waals surface area contributed by atoms with Crippen LogP contribution in [0.5, 0.6) is 0 Å². The number of rotatable bonds is 1. The van der Waals surface area contributed by atoms with E-state index in [1.165, 1.54) is 19.3 Å². The molecule has 1 nitrogen and oxygen atoms in total. The second-order valence-electron chi connectivity index (χ2n) is 4.61. The first-order valence-corrected chi connectivity index (χ1v) is 5.32. The minimum absolute atomic E-state index is 0.771. The molecule has 0 aromatic rings. The van der Waals surface area contributed by atoms with E-state index in [4.69, 9.17) is 0 Å². The van der Waals surface area contributed by atoms with Gasteiger partial charge in [-0.05, 0) is 44.1 Å². The summed E-state index contributed by atoms with van der Waals surface area (Å²) in [6.45, 7) is 7.21. The third-order valence-electron chi connectivity index (χ3n) is 3.83. The molecule has 1 rings (SSSR count). The van der Waals surface area contributed by atoms with Crippen molar-refractivity contribution in [1.29, 1.82) is 0 Å². The molecule has 0 bridgehead atoms. The number of hydrogen-bond acceptors (Lipinski definition) is 1. The molecule has 0 aromatic carbocycles. The fourth-order valence-electron chi connectivity index (χ4n) is 2.33. The first-order chi connectivity index (χ1) is 5.65. The fourth-order valence-corrected chi connectivity index (χ4v) is 2.33. The van der Waals surface area contributed by atoms with Gasteiger partial charge in [0.25, 0.3) is 0 Å². The molecule has 1 N–H and O–H groups in total. The van der Waals surface area contributed by atoms with Gasteiger partial charge in [-0.15, -0.1) is 0 Å². The fraction of sp³-hybridized carbons (Fsp3) is 1.00. The average molecular weight is 169 g/mol. The van der Waals surface area contributed by atoms with Crippen LogP contribution in [-0.4, -0.2) is 13.1 Å². The Labute approximate surface area is 76.9 Å². The molecule has 4 unspecified atom stereocenters. The van der Waals surface area contributed by atoms with Crippen molar-refractivity contribution in [2.75, 3.05) is 7.05 Å². The summed E-state index contributed by atoms with van der Waals surface area (Å²) in [6, 6.07) is 0.771. The Morgan fingerprint density at radius 2 is 1.67 bits per heavy atom. The topological polar surface area (TPSA) is 12.0 Å². The van der Waals surface area contributed by atoms with Crippen LogP contribution in [0.1, 0.15) is 40.0 Å². The second kappa shape index (κ2) is 4.27. The first-order valence-electron chi connectivity index (χ1n) is 5.32. The number of hydrogen-bond donors (Lipinski definition) is 1. The van der Waals surface area contributed by atoms with Crippen molar-refractivity contribution < 1.29 is 0 Å². The zero-order chi connectivity index (χ0) is 9.14. The summed E-state index contributed by atoms with van der Waals surface area (Å²) in [5.41, 5.74) is 0. The highest BCUT2D eigenvalue weighted by Gasteiger charge is 2.25. The maximum absolute atomic E-state index is 3.42. The Morgan fingerprint density at radius 1 is 1.00 bits per heavy atom. The lowest BCUT2D eigenvalue weighted by Gasteiger charge is -2.22. The molecular formula is C11H23N. The summed E-state index contributed by atoms with van der Waals surface area (Å²) >= 11 is 0. The van der Waals surface area contributed by atoms with Crippen LogP contribution in [0.4, 0.5) is 0 Å². The quantitative estimate of drug-likeness (QED) is 0.595. The van der Waals surface area contributed by atoms with Crippen LogP contribution in [0, 0.1) is 17.8 Å². The van der Waals surface area contributed by atoms with Crippen LogP contribution in [-0.2, 0) is 0 Å². The van der Waals surface area contributed by atoms with E-state index in [0.717, 1.165) is 23.8 Å². The Morgan fingerprint density at radius 3 is 2.25 bits per heavy atom. The third kappa shape index (κ3) is 2.22. The van der Waals surface area contributed by atoms with E-state index in [9.17, 15) is 0 Å². The van der Waals surface area contributed by atoms with Gasteiger partial charge >= 0.3 is 0 Å². The van der Waals surface area contributed by atoms with Crippen molar-refractivity contribution in [2.45, 2.75) is 46.1 Å². The molecule has 4 atom stereocenters. The highest BCUT2D eigenvalue weighted by molar-refractivity contribution is 4.79. The van der Waals surface area contributed by atoms with Gasteiger partial charge in [-0.25, -0.2) is 0 Å². The maximum atomic E-state index is 3.42. The minimum atomic E-state index is 0.771. The molecule has 1 aliphatic carbocycles. The van der Waals surface area contributed by atoms with Gasteiger partial charge in [0.1, 0.15) is 0 Å². The normalized spacial score (nSPS) is 44.0. The van der Waals surface area contributed by atoms with Crippen LogP contribution in [0.15, 0.2) is 0 Å². The van der Waals surface area contributed by atoms with Crippen molar-refractivity contribution in [3.63, 3.8) is 0 Å². The highest BCUT2D eigenvalue weighted by atomic mass is 14.9. The van der Waals surface area contributed by atoms with E-state index in [0.29, 0.717) is 0 Å². The molecule has 0 amide bonds. The minimum Gasteiger partial charge on any atom is -0.317 e. The molecule has 1 heteroatoms. The zero-order valence-corrected chi connectivity index (χ0v) is 8.93. The van der Waals surface area contributed by atoms with Gasteiger partial charge in [0.2, 0.25) is 0 Å². The predicted octanol–water partition coefficient (Wildman–Crippen LogP) is 2.67. The van der Waals surface area contributed by atoms with Gasteiger partial charge in [-0.2, -0.15) is 0 Å². The predicted molar refractivity (Wildman–Crippen MR) is 54.2 cm³/mol. The van der Waals surface area contributed by atoms with Crippen LogP contribution < -0.4 is 5.32 Å². The van der Waals surface area contributed by atoms with Gasteiger partial charge in [0, 0.05) is 6.04 Å². The third-order valence-corrected chi connectivity index (χ3v) is 3.83. The van der Waals surface area contributed by atoms with E-state index in [1.54, 1.807) is 0 Å². The second-order valence-corrected chi connectivity index (χ2v) is 4.61. The van der Waals surface area contributed by atoms with Crippen LogP contribution in [0.2, 0.25) is 0 Å². The highest BCUT2D eigenvalue weighted by Crippen LogP contribution is 2.32. The Hall–Kier alpha value is -0.0400. The summed E-state index contributed by atoms with van der Waals surface area (Å²) in [7, 11) is 2.10. The van der Waals surface area contributed by atoms with Crippen LogP contribution in [0.25, 0.3) is 0 Å². The van der Waals surface area contributed by atoms with Crippen molar-refractivity contribution in [1.82, 2.24) is 5.32 Å². The SMILES string of the molecule is CNC1CCC(C)C(C)C(C)C1. The van der Waals surface area contributed by atoms with E-state index in [2.05, 4.69) is 33.1 Å². The first kappa shape index (κ1) is 10.0. The van der Waals surface area contributed by atoms with Gasteiger partial charge in [0.05, 0.1) is 0 Å². The zero-order valence-electron chi connectivity index (χ0n) is 8.93. The molecule has 0 heterocycles. The number of nitrogens with one attached hydrogen (secondary N) is 1. The van der Waals surface area contributed by atoms with Crippen LogP contribution >= 0.6 is 0 Å². The molecule has 12 heavy (non-hydrogen) atoms. The van der Waals surface area contributed by atoms with Crippen molar-refractivity contribution in [3.05, 3.63) is 0 Å². The summed E-state index contributed by atoms with van der Waals surface area (Å²) in [5, 5.41) is 3.42. The van der Waals surface area contributed by atoms with Gasteiger partial charge < -0.3 is 5.32 Å². The summed E-state index contributed by atoms with van der Waals surface area (Å²) in [4.78, 5) is 0. The molecule has 1 aliphatic rings. The van der Waals surface area contributed by atoms with Crippen molar-refractivity contribution in [3.8, 4) is 0 Å². The summed E-state index contributed by atoms with van der Waals surface area (Å²) in [6.07, 6.45) is 4.13. The average Bonchev–Trinajstić information content (AvgIpc) is 2.19. The van der Waals surface area contributed by atoms with Crippen LogP contribution in [0.3, 0.4) is 0 Å². The lowest BCUT2D eigenvalue weighted by atomic mass is 9.84. The molecular weight excluding hydrogens is 146 g/mol. The molecule has 0 spiro atoms. The van der Waals surface area contributed by atoms with Gasteiger partial charge in [-0.1, -0.05) is 20.8 Å². The van der Waals surface area contributed by atoms with Gasteiger partial charge in [0.15, 0.2) is 0 Å². The van der Waals surface area contributed by atoms with E-state index < -0.39 is 0 Å². The molecule has 0 radical (unpaired) electrons. The van der Waals surface area contributed by atoms with Crippen molar-refractivity contribution in [2.24, 2.45) is 17.8 Å². The summed E-state index contributed by atoms with van der Waals surface area (Å²) in [5.74, 6) is 2.71.